The van der Waals surface area contributed by atoms with Crippen LogP contribution >= 0.6 is 27.3 Å². The highest BCUT2D eigenvalue weighted by molar-refractivity contribution is 9.10. The Kier molecular flexibility index (Phi) is 4.29. The lowest BCUT2D eigenvalue weighted by molar-refractivity contribution is -0.0255. The molecule has 4 heteroatoms. The molecule has 2 heterocycles. The summed E-state index contributed by atoms with van der Waals surface area (Å²) in [7, 11) is 0. The van der Waals surface area contributed by atoms with E-state index in [-0.39, 0.29) is 0 Å². The van der Waals surface area contributed by atoms with Gasteiger partial charge in [-0.1, -0.05) is 13.8 Å². The number of piperidine rings is 1. The van der Waals surface area contributed by atoms with Crippen molar-refractivity contribution in [2.45, 2.75) is 32.3 Å². The maximum atomic E-state index is 10.7. The molecule has 1 aromatic rings. The normalized spacial score (nSPS) is 21.0. The molecular formula is C13H20BrNOS. The minimum Gasteiger partial charge on any atom is -0.384 e. The van der Waals surface area contributed by atoms with Gasteiger partial charge in [0.2, 0.25) is 0 Å². The van der Waals surface area contributed by atoms with Crippen LogP contribution in [0.5, 0.6) is 0 Å². The van der Waals surface area contributed by atoms with E-state index in [0.29, 0.717) is 5.92 Å². The van der Waals surface area contributed by atoms with Crippen molar-refractivity contribution in [1.82, 2.24) is 4.90 Å². The highest BCUT2D eigenvalue weighted by atomic mass is 79.9. The molecule has 0 aliphatic carbocycles. The van der Waals surface area contributed by atoms with E-state index in [2.05, 4.69) is 34.7 Å². The molecule has 2 nitrogen and oxygen atoms in total. The maximum Gasteiger partial charge on any atom is 0.102 e. The molecule has 1 N–H and O–H groups in total. The molecule has 0 unspecified atom stereocenters. The van der Waals surface area contributed by atoms with E-state index < -0.39 is 5.60 Å². The van der Waals surface area contributed by atoms with E-state index in [1.54, 1.807) is 11.3 Å². The highest BCUT2D eigenvalue weighted by Gasteiger charge is 2.36. The fourth-order valence-corrected chi connectivity index (χ4v) is 4.38. The largest absolute Gasteiger partial charge is 0.384 e. The molecule has 0 radical (unpaired) electrons. The van der Waals surface area contributed by atoms with Crippen LogP contribution in [0, 0.1) is 5.92 Å². The van der Waals surface area contributed by atoms with E-state index in [1.165, 1.54) is 0 Å². The van der Waals surface area contributed by atoms with Crippen molar-refractivity contribution >= 4 is 27.3 Å². The van der Waals surface area contributed by atoms with Crippen molar-refractivity contribution in [3.05, 3.63) is 20.8 Å². The standard InChI is InChI=1S/C13H20BrNOS/c1-10(2)9-15-6-4-13(16,5-7-15)12-11(14)3-8-17-12/h3,8,10,16H,4-7,9H2,1-2H3. The fourth-order valence-electron chi connectivity index (χ4n) is 2.47. The second-order valence-electron chi connectivity index (χ2n) is 5.32. The number of halogens is 1. The molecule has 2 rings (SSSR count). The van der Waals surface area contributed by atoms with Crippen LogP contribution in [-0.4, -0.2) is 29.6 Å². The van der Waals surface area contributed by atoms with Gasteiger partial charge in [-0.25, -0.2) is 0 Å². The number of aliphatic hydroxyl groups is 1. The van der Waals surface area contributed by atoms with Gasteiger partial charge < -0.3 is 10.0 Å². The quantitative estimate of drug-likeness (QED) is 0.923. The maximum absolute atomic E-state index is 10.7. The average Bonchev–Trinajstić information content (AvgIpc) is 2.68. The van der Waals surface area contributed by atoms with Gasteiger partial charge in [0, 0.05) is 24.1 Å². The Balaban J connectivity index is 2.00. The minimum atomic E-state index is -0.611. The Labute approximate surface area is 116 Å². The molecule has 1 aliphatic heterocycles. The van der Waals surface area contributed by atoms with Crippen molar-refractivity contribution in [2.24, 2.45) is 5.92 Å². The van der Waals surface area contributed by atoms with Gasteiger partial charge in [-0.3, -0.25) is 0 Å². The van der Waals surface area contributed by atoms with Gasteiger partial charge in [0.25, 0.3) is 0 Å². The summed E-state index contributed by atoms with van der Waals surface area (Å²) in [5, 5.41) is 12.8. The second-order valence-corrected chi connectivity index (χ2v) is 7.09. The monoisotopic (exact) mass is 317 g/mol. The van der Waals surface area contributed by atoms with Gasteiger partial charge >= 0.3 is 0 Å². The second kappa shape index (κ2) is 5.39. The van der Waals surface area contributed by atoms with E-state index in [0.717, 1.165) is 41.8 Å². The molecule has 0 saturated carbocycles. The van der Waals surface area contributed by atoms with Crippen LogP contribution in [0.15, 0.2) is 15.9 Å². The minimum absolute atomic E-state index is 0.611. The highest BCUT2D eigenvalue weighted by Crippen LogP contribution is 2.40. The van der Waals surface area contributed by atoms with Crippen LogP contribution in [0.1, 0.15) is 31.6 Å². The Morgan fingerprint density at radius 3 is 2.59 bits per heavy atom. The van der Waals surface area contributed by atoms with Gasteiger partial charge in [0.15, 0.2) is 0 Å². The topological polar surface area (TPSA) is 23.5 Å². The first-order chi connectivity index (χ1) is 8.01. The number of rotatable bonds is 3. The van der Waals surface area contributed by atoms with Crippen molar-refractivity contribution in [3.8, 4) is 0 Å². The third-order valence-corrected chi connectivity index (χ3v) is 5.38. The molecule has 0 bridgehead atoms. The Hall–Kier alpha value is 0.100. The SMILES string of the molecule is CC(C)CN1CCC(O)(c2sccc2Br)CC1. The lowest BCUT2D eigenvalue weighted by Gasteiger charge is -2.38. The lowest BCUT2D eigenvalue weighted by Crippen LogP contribution is -2.43. The van der Waals surface area contributed by atoms with Crippen molar-refractivity contribution < 1.29 is 5.11 Å². The van der Waals surface area contributed by atoms with Gasteiger partial charge in [0.05, 0.1) is 4.88 Å². The summed E-state index contributed by atoms with van der Waals surface area (Å²) in [5.74, 6) is 0.703. The zero-order chi connectivity index (χ0) is 12.5. The molecule has 1 fully saturated rings. The van der Waals surface area contributed by atoms with Crippen LogP contribution in [-0.2, 0) is 5.60 Å². The first-order valence-electron chi connectivity index (χ1n) is 6.19. The third kappa shape index (κ3) is 3.11. The average molecular weight is 318 g/mol. The summed E-state index contributed by atoms with van der Waals surface area (Å²) in [6.07, 6.45) is 1.69. The molecule has 1 aromatic heterocycles. The first-order valence-corrected chi connectivity index (χ1v) is 7.87. The van der Waals surface area contributed by atoms with E-state index in [4.69, 9.17) is 0 Å². The van der Waals surface area contributed by atoms with Crippen LogP contribution in [0.3, 0.4) is 0 Å². The first kappa shape index (κ1) is 13.5. The van der Waals surface area contributed by atoms with Crippen molar-refractivity contribution in [1.29, 1.82) is 0 Å². The molecule has 0 spiro atoms. The number of thiophene rings is 1. The van der Waals surface area contributed by atoms with Crippen molar-refractivity contribution in [3.63, 3.8) is 0 Å². The molecule has 0 atom stereocenters. The molecule has 17 heavy (non-hydrogen) atoms. The van der Waals surface area contributed by atoms with Crippen molar-refractivity contribution in [2.75, 3.05) is 19.6 Å². The number of likely N-dealkylation sites (tertiary alicyclic amines) is 1. The Morgan fingerprint density at radius 1 is 1.47 bits per heavy atom. The molecule has 0 aromatic carbocycles. The zero-order valence-electron chi connectivity index (χ0n) is 10.4. The molecule has 0 amide bonds. The smallest absolute Gasteiger partial charge is 0.102 e. The molecule has 1 aliphatic rings. The van der Waals surface area contributed by atoms with E-state index in [9.17, 15) is 5.11 Å². The summed E-state index contributed by atoms with van der Waals surface area (Å²) in [4.78, 5) is 3.56. The number of hydrogen-bond acceptors (Lipinski definition) is 3. The summed E-state index contributed by atoms with van der Waals surface area (Å²) < 4.78 is 1.06. The summed E-state index contributed by atoms with van der Waals surface area (Å²) in [6.45, 7) is 7.63. The van der Waals surface area contributed by atoms with Crippen LogP contribution in [0.25, 0.3) is 0 Å². The summed E-state index contributed by atoms with van der Waals surface area (Å²) in [5.41, 5.74) is -0.611. The van der Waals surface area contributed by atoms with Crippen LogP contribution in [0.4, 0.5) is 0 Å². The summed E-state index contributed by atoms with van der Waals surface area (Å²) in [6, 6.07) is 2.03. The Bertz CT molecular complexity index is 369. The van der Waals surface area contributed by atoms with E-state index >= 15 is 0 Å². The van der Waals surface area contributed by atoms with Crippen LogP contribution < -0.4 is 0 Å². The van der Waals surface area contributed by atoms with Gasteiger partial charge in [-0.05, 0) is 46.1 Å². The third-order valence-electron chi connectivity index (χ3n) is 3.35. The molecule has 96 valence electrons. The predicted molar refractivity (Wildman–Crippen MR) is 76.4 cm³/mol. The van der Waals surface area contributed by atoms with E-state index in [1.807, 2.05) is 11.4 Å². The Morgan fingerprint density at radius 2 is 2.12 bits per heavy atom. The zero-order valence-corrected chi connectivity index (χ0v) is 12.9. The fraction of sp³-hybridized carbons (Fsp3) is 0.692. The number of hydrogen-bond donors (Lipinski definition) is 1. The number of nitrogens with zero attached hydrogens (tertiary/aromatic N) is 1. The van der Waals surface area contributed by atoms with Gasteiger partial charge in [0.1, 0.15) is 5.60 Å². The van der Waals surface area contributed by atoms with Gasteiger partial charge in [-0.2, -0.15) is 0 Å². The van der Waals surface area contributed by atoms with Gasteiger partial charge in [-0.15, -0.1) is 11.3 Å². The molecular weight excluding hydrogens is 298 g/mol. The lowest BCUT2D eigenvalue weighted by atomic mass is 9.89. The molecule has 1 saturated heterocycles. The summed E-state index contributed by atoms with van der Waals surface area (Å²) >= 11 is 5.18. The predicted octanol–water partition coefficient (Wildman–Crippen LogP) is 3.45. The van der Waals surface area contributed by atoms with Crippen LogP contribution in [0.2, 0.25) is 0 Å².